The molecule has 0 bridgehead atoms. The third-order valence-corrected chi connectivity index (χ3v) is 6.47. The Kier molecular flexibility index (Phi) is 41.2. The van der Waals surface area contributed by atoms with E-state index in [1.807, 2.05) is 0 Å². The van der Waals surface area contributed by atoms with E-state index in [1.165, 1.54) is 128 Å². The average molecular weight is 523 g/mol. The first-order valence-corrected chi connectivity index (χ1v) is 14.9. The Balaban J connectivity index is -0.000000569. The van der Waals surface area contributed by atoms with Crippen LogP contribution in [0.3, 0.4) is 0 Å². The van der Waals surface area contributed by atoms with Crippen LogP contribution in [-0.2, 0) is 9.59 Å². The summed E-state index contributed by atoms with van der Waals surface area (Å²) in [5.41, 5.74) is 0. The van der Waals surface area contributed by atoms with Crippen molar-refractivity contribution in [2.75, 3.05) is 0 Å². The van der Waals surface area contributed by atoms with Gasteiger partial charge in [0.25, 0.3) is 0 Å². The summed E-state index contributed by atoms with van der Waals surface area (Å²) in [5, 5.41) is 20.3. The third kappa shape index (κ3) is 44.6. The number of rotatable bonds is 26. The average Bonchev–Trinajstić information content (AvgIpc) is 2.80. The van der Waals surface area contributed by atoms with E-state index in [0.29, 0.717) is 0 Å². The van der Waals surface area contributed by atoms with Crippen molar-refractivity contribution < 1.29 is 19.8 Å². The molecule has 0 aliphatic carbocycles. The molecule has 0 unspecified atom stereocenters. The molecule has 0 aromatic carbocycles. The number of carbonyl (C=O) groups is 2. The Labute approximate surface area is 248 Å². The summed E-state index contributed by atoms with van der Waals surface area (Å²) < 4.78 is 0. The number of carboxylic acid groups (broad SMARTS) is 2. The smallest absolute Gasteiger partial charge is 0.550 e. The van der Waals surface area contributed by atoms with Crippen molar-refractivity contribution in [3.63, 3.8) is 0 Å². The van der Waals surface area contributed by atoms with Crippen molar-refractivity contribution in [2.24, 2.45) is 0 Å². The number of hydrogen-bond acceptors (Lipinski definition) is 4. The summed E-state index contributed by atoms with van der Waals surface area (Å²) in [6.07, 6.45) is 31.0. The van der Waals surface area contributed by atoms with E-state index in [0.717, 1.165) is 25.7 Å². The normalized spacial score (nSPS) is 10.3. The summed E-state index contributed by atoms with van der Waals surface area (Å²) in [6, 6.07) is 0. The van der Waals surface area contributed by atoms with E-state index < -0.39 is 11.9 Å². The van der Waals surface area contributed by atoms with Gasteiger partial charge in [-0.05, 0) is 25.7 Å². The summed E-state index contributed by atoms with van der Waals surface area (Å²) in [4.78, 5) is 20.3. The summed E-state index contributed by atoms with van der Waals surface area (Å²) >= 11 is 0. The van der Waals surface area contributed by atoms with Gasteiger partial charge in [0.15, 0.2) is 0 Å². The second-order valence-electron chi connectivity index (χ2n) is 10.0. The number of hydrogen-bond donors (Lipinski definition) is 0. The maximum Gasteiger partial charge on any atom is 2.00 e. The summed E-state index contributed by atoms with van der Waals surface area (Å²) in [7, 11) is 0. The fourth-order valence-electron chi connectivity index (χ4n) is 4.22. The van der Waals surface area contributed by atoms with E-state index in [4.69, 9.17) is 0 Å². The number of carboxylic acids is 2. The Morgan fingerprint density at radius 3 is 0.714 bits per heavy atom. The van der Waals surface area contributed by atoms with Crippen LogP contribution in [0.5, 0.6) is 0 Å². The zero-order valence-corrected chi connectivity index (χ0v) is 25.9. The summed E-state index contributed by atoms with van der Waals surface area (Å²) in [5.74, 6) is -1.81. The zero-order chi connectivity index (χ0) is 25.5. The Hall–Kier alpha value is 0.200. The van der Waals surface area contributed by atoms with Crippen LogP contribution in [0.4, 0.5) is 0 Å². The predicted octanol–water partition coefficient (Wildman–Crippen LogP) is 7.27. The van der Waals surface area contributed by atoms with Crippen LogP contribution in [-0.4, -0.2) is 49.7 Å². The topological polar surface area (TPSA) is 80.3 Å². The van der Waals surface area contributed by atoms with Gasteiger partial charge in [-0.25, -0.2) is 0 Å². The van der Waals surface area contributed by atoms with Gasteiger partial charge in [-0.2, -0.15) is 0 Å². The van der Waals surface area contributed by atoms with Gasteiger partial charge in [0.1, 0.15) is 0 Å². The molecule has 0 N–H and O–H groups in total. The van der Waals surface area contributed by atoms with Crippen LogP contribution in [0, 0.1) is 0 Å². The van der Waals surface area contributed by atoms with Crippen LogP contribution < -0.4 is 10.2 Å². The molecule has 0 rings (SSSR count). The van der Waals surface area contributed by atoms with Crippen molar-refractivity contribution in [3.8, 4) is 0 Å². The van der Waals surface area contributed by atoms with E-state index >= 15 is 0 Å². The molecule has 0 saturated heterocycles. The first kappa shape index (κ1) is 39.7. The van der Waals surface area contributed by atoms with Crippen molar-refractivity contribution in [2.45, 2.75) is 181 Å². The molecule has 0 spiro atoms. The SMILES string of the molecule is CCCCCCCCCCCCCCC(=O)[O-].CCCCCCCCCCCCCCC(=O)[O-].[Ca+2]. The molecule has 0 heterocycles. The first-order chi connectivity index (χ1) is 16.5. The molecule has 0 aromatic rings. The van der Waals surface area contributed by atoms with Crippen LogP contribution in [0.1, 0.15) is 181 Å². The van der Waals surface area contributed by atoms with E-state index in [9.17, 15) is 19.8 Å². The van der Waals surface area contributed by atoms with Gasteiger partial charge < -0.3 is 19.8 Å². The molecular weight excluding hydrogens is 464 g/mol. The Bertz CT molecular complexity index is 377. The second-order valence-corrected chi connectivity index (χ2v) is 10.0. The quantitative estimate of drug-likeness (QED) is 0.0883. The minimum Gasteiger partial charge on any atom is -0.550 e. The summed E-state index contributed by atoms with van der Waals surface area (Å²) in [6.45, 7) is 4.50. The molecule has 0 amide bonds. The minimum atomic E-state index is -0.905. The van der Waals surface area contributed by atoms with Gasteiger partial charge >= 0.3 is 37.7 Å². The van der Waals surface area contributed by atoms with Crippen LogP contribution in [0.15, 0.2) is 0 Å². The first-order valence-electron chi connectivity index (χ1n) is 14.9. The van der Waals surface area contributed by atoms with Crippen LogP contribution >= 0.6 is 0 Å². The fourth-order valence-corrected chi connectivity index (χ4v) is 4.22. The van der Waals surface area contributed by atoms with Crippen LogP contribution in [0.25, 0.3) is 0 Å². The second kappa shape index (κ2) is 36.4. The van der Waals surface area contributed by atoms with E-state index in [2.05, 4.69) is 13.8 Å². The Morgan fingerprint density at radius 2 is 0.543 bits per heavy atom. The maximum atomic E-state index is 10.2. The molecule has 204 valence electrons. The molecule has 0 atom stereocenters. The molecule has 4 nitrogen and oxygen atoms in total. The van der Waals surface area contributed by atoms with Gasteiger partial charge in [0.05, 0.1) is 0 Å². The Morgan fingerprint density at radius 1 is 0.371 bits per heavy atom. The molecule has 0 radical (unpaired) electrons. The molecule has 0 aliphatic rings. The third-order valence-electron chi connectivity index (χ3n) is 6.47. The largest absolute Gasteiger partial charge is 2.00 e. The standard InChI is InChI=1S/2C15H30O2.Ca/c2*1-2-3-4-5-6-7-8-9-10-11-12-13-14-15(16)17;/h2*2-14H2,1H3,(H,16,17);/q;;+2/p-2. The predicted molar refractivity (Wildman–Crippen MR) is 147 cm³/mol. The van der Waals surface area contributed by atoms with Gasteiger partial charge in [-0.15, -0.1) is 0 Å². The van der Waals surface area contributed by atoms with Crippen LogP contribution in [0.2, 0.25) is 0 Å². The van der Waals surface area contributed by atoms with Crippen molar-refractivity contribution in [1.29, 1.82) is 0 Å². The molecule has 0 fully saturated rings. The van der Waals surface area contributed by atoms with Crippen molar-refractivity contribution in [1.82, 2.24) is 0 Å². The van der Waals surface area contributed by atoms with Gasteiger partial charge in [-0.3, -0.25) is 0 Å². The van der Waals surface area contributed by atoms with Crippen molar-refractivity contribution in [3.05, 3.63) is 0 Å². The zero-order valence-electron chi connectivity index (χ0n) is 23.7. The number of unbranched alkanes of at least 4 members (excludes halogenated alkanes) is 22. The molecule has 35 heavy (non-hydrogen) atoms. The fraction of sp³-hybridized carbons (Fsp3) is 0.933. The molecule has 5 heteroatoms. The van der Waals surface area contributed by atoms with E-state index in [1.54, 1.807) is 0 Å². The van der Waals surface area contributed by atoms with Gasteiger partial charge in [-0.1, -0.05) is 155 Å². The molecule has 0 saturated carbocycles. The molecule has 0 aromatic heterocycles. The van der Waals surface area contributed by atoms with E-state index in [-0.39, 0.29) is 50.6 Å². The van der Waals surface area contributed by atoms with Crippen molar-refractivity contribution >= 4 is 49.7 Å². The van der Waals surface area contributed by atoms with Gasteiger partial charge in [0, 0.05) is 11.9 Å². The maximum absolute atomic E-state index is 10.2. The molecular formula is C30H58CaO4. The molecule has 0 aliphatic heterocycles. The van der Waals surface area contributed by atoms with Gasteiger partial charge in [0.2, 0.25) is 0 Å². The number of aliphatic carboxylic acids is 2. The minimum absolute atomic E-state index is 0. The monoisotopic (exact) mass is 522 g/mol. The number of carbonyl (C=O) groups excluding carboxylic acids is 2.